The van der Waals surface area contributed by atoms with Gasteiger partial charge < -0.3 is 4.98 Å². The summed E-state index contributed by atoms with van der Waals surface area (Å²) in [5, 5.41) is 17.0. The van der Waals surface area contributed by atoms with Crippen molar-refractivity contribution in [3.05, 3.63) is 56.6 Å². The van der Waals surface area contributed by atoms with Crippen molar-refractivity contribution in [1.29, 1.82) is 10.8 Å². The molecule has 0 saturated heterocycles. The zero-order chi connectivity index (χ0) is 19.4. The number of aryl methyl sites for hydroxylation is 2. The van der Waals surface area contributed by atoms with Crippen LogP contribution in [0.3, 0.4) is 0 Å². The van der Waals surface area contributed by atoms with Gasteiger partial charge in [-0.3, -0.25) is 20.2 Å². The summed E-state index contributed by atoms with van der Waals surface area (Å²) in [7, 11) is 0. The van der Waals surface area contributed by atoms with Crippen LogP contribution >= 0.6 is 15.9 Å². The molecule has 142 valence electrons. The Hall–Kier alpha value is -2.48. The molecule has 7 nitrogen and oxygen atoms in total. The monoisotopic (exact) mass is 430 g/mol. The number of H-pyrrole nitrogens is 1. The van der Waals surface area contributed by atoms with Crippen LogP contribution in [0, 0.1) is 10.8 Å². The molecule has 0 bridgehead atoms. The lowest BCUT2D eigenvalue weighted by Crippen LogP contribution is -2.44. The van der Waals surface area contributed by atoms with Gasteiger partial charge >= 0.3 is 0 Å². The molecule has 0 fully saturated rings. The Balaban J connectivity index is 1.99. The fourth-order valence-corrected chi connectivity index (χ4v) is 3.48. The number of unbranched alkanes of at least 4 members (excludes halogenated alkanes) is 2. The largest absolute Gasteiger partial charge is 0.327 e. The lowest BCUT2D eigenvalue weighted by molar-refractivity contribution is 0.565. The number of hydrogen-bond donors (Lipinski definition) is 3. The molecule has 0 aliphatic rings. The van der Waals surface area contributed by atoms with Crippen molar-refractivity contribution in [1.82, 2.24) is 19.1 Å². The first kappa shape index (κ1) is 19.3. The molecule has 0 unspecified atom stereocenters. The van der Waals surface area contributed by atoms with Gasteiger partial charge in [-0.05, 0) is 34.3 Å². The molecule has 2 aromatic heterocycles. The van der Waals surface area contributed by atoms with Crippen LogP contribution in [-0.2, 0) is 13.0 Å². The fourth-order valence-electron chi connectivity index (χ4n) is 3.11. The second-order valence-electron chi connectivity index (χ2n) is 6.48. The predicted molar refractivity (Wildman–Crippen MR) is 109 cm³/mol. The normalized spacial score (nSPS) is 11.2. The van der Waals surface area contributed by atoms with Crippen molar-refractivity contribution in [3.63, 3.8) is 0 Å². The van der Waals surface area contributed by atoms with Gasteiger partial charge in [0.1, 0.15) is 5.84 Å². The minimum Gasteiger partial charge on any atom is -0.327 e. The smallest absolute Gasteiger partial charge is 0.286 e. The first-order chi connectivity index (χ1) is 13.0. The standard InChI is InChI=1S/C19H23BrN6O/c1-2-3-7-12-25-16-15(23-18(20)24-16)17(27)26(19(25)22)14(21)11-10-13-8-5-4-6-9-13/h4-6,8-9,21-22H,2-3,7,10-12H2,1H3,(H,23,24). The van der Waals surface area contributed by atoms with Crippen molar-refractivity contribution < 1.29 is 0 Å². The maximum absolute atomic E-state index is 12.9. The molecule has 2 heterocycles. The molecular formula is C19H23BrN6O. The number of nitrogens with one attached hydrogen (secondary N) is 3. The Bertz CT molecular complexity index is 1060. The molecule has 3 aromatic rings. The third kappa shape index (κ3) is 4.10. The highest BCUT2D eigenvalue weighted by Gasteiger charge is 2.17. The van der Waals surface area contributed by atoms with E-state index in [1.165, 1.54) is 4.57 Å². The number of nitrogens with zero attached hydrogens (tertiary/aromatic N) is 3. The van der Waals surface area contributed by atoms with Gasteiger partial charge in [0.05, 0.1) is 0 Å². The van der Waals surface area contributed by atoms with Gasteiger partial charge in [0.25, 0.3) is 5.56 Å². The number of fused-ring (bicyclic) bond motifs is 1. The van der Waals surface area contributed by atoms with E-state index in [0.717, 1.165) is 24.8 Å². The summed E-state index contributed by atoms with van der Waals surface area (Å²) < 4.78 is 3.35. The van der Waals surface area contributed by atoms with Crippen LogP contribution in [0.1, 0.15) is 38.2 Å². The Kier molecular flexibility index (Phi) is 6.05. The second kappa shape index (κ2) is 8.47. The number of rotatable bonds is 7. The summed E-state index contributed by atoms with van der Waals surface area (Å²) in [6.07, 6.45) is 4.01. The van der Waals surface area contributed by atoms with Gasteiger partial charge in [0, 0.05) is 13.0 Å². The highest BCUT2D eigenvalue weighted by Crippen LogP contribution is 2.12. The number of halogens is 1. The van der Waals surface area contributed by atoms with Crippen LogP contribution in [0.25, 0.3) is 11.2 Å². The van der Waals surface area contributed by atoms with Crippen molar-refractivity contribution in [2.75, 3.05) is 0 Å². The molecule has 0 atom stereocenters. The zero-order valence-electron chi connectivity index (χ0n) is 15.3. The Morgan fingerprint density at radius 1 is 1.26 bits per heavy atom. The summed E-state index contributed by atoms with van der Waals surface area (Å²) in [4.78, 5) is 20.1. The van der Waals surface area contributed by atoms with E-state index in [1.807, 2.05) is 30.3 Å². The van der Waals surface area contributed by atoms with E-state index in [4.69, 9.17) is 10.8 Å². The van der Waals surface area contributed by atoms with Crippen molar-refractivity contribution >= 4 is 32.9 Å². The van der Waals surface area contributed by atoms with Crippen LogP contribution in [0.2, 0.25) is 0 Å². The zero-order valence-corrected chi connectivity index (χ0v) is 16.8. The molecule has 0 radical (unpaired) electrons. The van der Waals surface area contributed by atoms with Crippen LogP contribution in [0.15, 0.2) is 39.9 Å². The molecule has 0 spiro atoms. The van der Waals surface area contributed by atoms with E-state index in [9.17, 15) is 4.79 Å². The third-order valence-corrected chi connectivity index (χ3v) is 4.92. The number of benzene rings is 1. The molecule has 0 amide bonds. The molecule has 0 aliphatic heterocycles. The summed E-state index contributed by atoms with van der Waals surface area (Å²) in [5.41, 5.74) is 1.47. The van der Waals surface area contributed by atoms with E-state index >= 15 is 0 Å². The first-order valence-corrected chi connectivity index (χ1v) is 9.89. The first-order valence-electron chi connectivity index (χ1n) is 9.10. The lowest BCUT2D eigenvalue weighted by atomic mass is 10.1. The van der Waals surface area contributed by atoms with Gasteiger partial charge in [0.2, 0.25) is 5.62 Å². The minimum atomic E-state index is -0.405. The van der Waals surface area contributed by atoms with Crippen LogP contribution in [0.4, 0.5) is 0 Å². The summed E-state index contributed by atoms with van der Waals surface area (Å²) >= 11 is 3.28. The van der Waals surface area contributed by atoms with Gasteiger partial charge in [-0.2, -0.15) is 0 Å². The Morgan fingerprint density at radius 2 is 2.00 bits per heavy atom. The molecule has 1 aromatic carbocycles. The van der Waals surface area contributed by atoms with E-state index in [0.29, 0.717) is 35.3 Å². The van der Waals surface area contributed by atoms with E-state index < -0.39 is 5.56 Å². The molecule has 0 saturated carbocycles. The predicted octanol–water partition coefficient (Wildman–Crippen LogP) is 3.42. The quantitative estimate of drug-likeness (QED) is 0.231. The maximum atomic E-state index is 12.9. The van der Waals surface area contributed by atoms with Crippen LogP contribution in [0.5, 0.6) is 0 Å². The highest BCUT2D eigenvalue weighted by atomic mass is 79.9. The molecule has 8 heteroatoms. The molecule has 0 aliphatic carbocycles. The van der Waals surface area contributed by atoms with Gasteiger partial charge in [-0.1, -0.05) is 50.1 Å². The fraction of sp³-hybridized carbons (Fsp3) is 0.368. The lowest BCUT2D eigenvalue weighted by Gasteiger charge is -2.14. The number of hydrogen-bond acceptors (Lipinski definition) is 4. The van der Waals surface area contributed by atoms with Gasteiger partial charge in [0.15, 0.2) is 15.9 Å². The maximum Gasteiger partial charge on any atom is 0.286 e. The summed E-state index contributed by atoms with van der Waals surface area (Å²) in [5.74, 6) is 0.116. The molecule has 27 heavy (non-hydrogen) atoms. The number of imidazole rings is 1. The van der Waals surface area contributed by atoms with E-state index in [-0.39, 0.29) is 11.5 Å². The van der Waals surface area contributed by atoms with Gasteiger partial charge in [-0.15, -0.1) is 0 Å². The highest BCUT2D eigenvalue weighted by molar-refractivity contribution is 9.10. The topological polar surface area (TPSA) is 103 Å². The number of aromatic nitrogens is 4. The van der Waals surface area contributed by atoms with Crippen molar-refractivity contribution in [2.24, 2.45) is 0 Å². The molecule has 3 N–H and O–H groups in total. The number of aromatic amines is 1. The van der Waals surface area contributed by atoms with Crippen molar-refractivity contribution in [3.8, 4) is 0 Å². The van der Waals surface area contributed by atoms with E-state index in [1.54, 1.807) is 4.57 Å². The van der Waals surface area contributed by atoms with Crippen LogP contribution < -0.4 is 11.2 Å². The molecule has 3 rings (SSSR count). The third-order valence-electron chi connectivity index (χ3n) is 4.54. The summed E-state index contributed by atoms with van der Waals surface area (Å²) in [6.45, 7) is 2.71. The second-order valence-corrected chi connectivity index (χ2v) is 7.23. The average Bonchev–Trinajstić information content (AvgIpc) is 3.05. The molecular weight excluding hydrogens is 408 g/mol. The SMILES string of the molecule is CCCCCn1c(=N)n(C(=N)CCc2ccccc2)c(=O)c2[nH]c(Br)nc21. The summed E-state index contributed by atoms with van der Waals surface area (Å²) in [6, 6.07) is 9.86. The van der Waals surface area contributed by atoms with Gasteiger partial charge in [-0.25, -0.2) is 9.55 Å². The Labute approximate surface area is 165 Å². The average molecular weight is 431 g/mol. The minimum absolute atomic E-state index is 0.000615. The van der Waals surface area contributed by atoms with Crippen LogP contribution in [-0.4, -0.2) is 24.9 Å². The van der Waals surface area contributed by atoms with E-state index in [2.05, 4.69) is 32.8 Å². The van der Waals surface area contributed by atoms with Crippen molar-refractivity contribution in [2.45, 2.75) is 45.6 Å². The Morgan fingerprint density at radius 3 is 2.70 bits per heavy atom.